The fraction of sp³-hybridized carbons (Fsp3) is 1.00. The summed E-state index contributed by atoms with van der Waals surface area (Å²) in [5.74, 6) is 0. The van der Waals surface area contributed by atoms with Gasteiger partial charge in [0.2, 0.25) is 0 Å². The molecule has 0 aromatic heterocycles. The smallest absolute Gasteiger partial charge is 0.262 e. The molecular weight excluding hydrogens is 121 g/mol. The molecule has 0 aliphatic heterocycles. The Morgan fingerprint density at radius 1 is 1.57 bits per heavy atom. The predicted molar refractivity (Wildman–Crippen MR) is 22.2 cm³/mol. The van der Waals surface area contributed by atoms with E-state index >= 15 is 0 Å². The number of rotatable bonds is 0. The maximum Gasteiger partial charge on any atom is 0.262 e. The van der Waals surface area contributed by atoms with Gasteiger partial charge in [0.15, 0.2) is 0 Å². The second-order valence-corrected chi connectivity index (χ2v) is 1.47. The van der Waals surface area contributed by atoms with Gasteiger partial charge in [-0.2, -0.15) is 0 Å². The van der Waals surface area contributed by atoms with Crippen molar-refractivity contribution < 1.29 is 19.2 Å². The van der Waals surface area contributed by atoms with E-state index in [2.05, 4.69) is 5.73 Å². The van der Waals surface area contributed by atoms with E-state index in [1.807, 2.05) is 0 Å². The van der Waals surface area contributed by atoms with Crippen LogP contribution >= 0.6 is 7.82 Å². The van der Waals surface area contributed by atoms with E-state index < -0.39 is 7.82 Å². The molecule has 0 atom stereocenters. The zero-order chi connectivity index (χ0) is 6.50. The van der Waals surface area contributed by atoms with E-state index in [-0.39, 0.29) is 0 Å². The van der Waals surface area contributed by atoms with E-state index in [0.717, 1.165) is 0 Å². The van der Waals surface area contributed by atoms with Crippen molar-refractivity contribution in [3.63, 3.8) is 0 Å². The van der Waals surface area contributed by atoms with Gasteiger partial charge >= 0.3 is 0 Å². The molecule has 0 amide bonds. The van der Waals surface area contributed by atoms with Gasteiger partial charge in [0.05, 0.1) is 0 Å². The Hall–Kier alpha value is 0.0700. The van der Waals surface area contributed by atoms with Crippen LogP contribution < -0.4 is 10.6 Å². The third kappa shape index (κ3) is 20500. The molecule has 0 aromatic rings. The van der Waals surface area contributed by atoms with Crippen molar-refractivity contribution in [2.75, 3.05) is 7.05 Å². The highest BCUT2D eigenvalue weighted by molar-refractivity contribution is 7.43. The van der Waals surface area contributed by atoms with Gasteiger partial charge in [-0.15, -0.1) is 0 Å². The fourth-order valence-corrected chi connectivity index (χ4v) is 0. The van der Waals surface area contributed by atoms with Gasteiger partial charge in [0.25, 0.3) is 7.82 Å². The third-order valence-electron chi connectivity index (χ3n) is 0. The topological polar surface area (TPSA) is 107 Å². The van der Waals surface area contributed by atoms with E-state index in [1.54, 1.807) is 0 Å². The van der Waals surface area contributed by atoms with Gasteiger partial charge in [-0.3, -0.25) is 4.57 Å². The summed E-state index contributed by atoms with van der Waals surface area (Å²) < 4.78 is 8.77. The highest BCUT2D eigenvalue weighted by Gasteiger charge is 1.82. The first-order chi connectivity index (χ1) is 3.00. The molecule has 46 valence electrons. The lowest BCUT2D eigenvalue weighted by molar-refractivity contribution is -0.214. The van der Waals surface area contributed by atoms with Crippen molar-refractivity contribution in [2.24, 2.45) is 5.73 Å². The SMILES string of the molecule is CN.O=P([O-])(O)O. The number of hydrogen-bond donors (Lipinski definition) is 3. The van der Waals surface area contributed by atoms with Gasteiger partial charge in [-0.1, -0.05) is 0 Å². The highest BCUT2D eigenvalue weighted by atomic mass is 31.2. The molecule has 0 saturated carbocycles. The van der Waals surface area contributed by atoms with Crippen LogP contribution in [0.2, 0.25) is 0 Å². The zero-order valence-electron chi connectivity index (χ0n) is 3.74. The summed E-state index contributed by atoms with van der Waals surface area (Å²) >= 11 is 0. The first kappa shape index (κ1) is 10.1. The summed E-state index contributed by atoms with van der Waals surface area (Å²) in [6.45, 7) is 0. The molecule has 6 heteroatoms. The molecule has 7 heavy (non-hydrogen) atoms. The summed E-state index contributed by atoms with van der Waals surface area (Å²) in [7, 11) is -3.39. The molecule has 0 aliphatic rings. The molecule has 4 N–H and O–H groups in total. The maximum absolute atomic E-state index is 8.77. The Morgan fingerprint density at radius 3 is 1.57 bits per heavy atom. The van der Waals surface area contributed by atoms with Gasteiger partial charge < -0.3 is 20.4 Å². The Kier molecular flexibility index (Phi) is 6.13. The third-order valence-corrected chi connectivity index (χ3v) is 0. The summed E-state index contributed by atoms with van der Waals surface area (Å²) in [4.78, 5) is 22.9. The Morgan fingerprint density at radius 2 is 1.57 bits per heavy atom. The van der Waals surface area contributed by atoms with E-state index in [1.165, 1.54) is 7.05 Å². The minimum atomic E-state index is -4.89. The monoisotopic (exact) mass is 128 g/mol. The van der Waals surface area contributed by atoms with Crippen molar-refractivity contribution in [1.82, 2.24) is 0 Å². The molecule has 0 saturated heterocycles. The quantitative estimate of drug-likeness (QED) is 0.327. The second kappa shape index (κ2) is 4.23. The molecule has 0 bridgehead atoms. The first-order valence-electron chi connectivity index (χ1n) is 1.34. The van der Waals surface area contributed by atoms with Gasteiger partial charge in [0.1, 0.15) is 0 Å². The van der Waals surface area contributed by atoms with Crippen molar-refractivity contribution in [3.05, 3.63) is 0 Å². The summed E-state index contributed by atoms with van der Waals surface area (Å²) in [5, 5.41) is 0. The minimum Gasteiger partial charge on any atom is -0.756 e. The molecular formula is CH7NO4P-. The molecule has 0 heterocycles. The fourth-order valence-electron chi connectivity index (χ4n) is 0. The van der Waals surface area contributed by atoms with Crippen LogP contribution in [0.1, 0.15) is 0 Å². The Bertz CT molecular complexity index is 57.8. The van der Waals surface area contributed by atoms with Crippen LogP contribution in [0.4, 0.5) is 0 Å². The minimum absolute atomic E-state index is 1.50. The summed E-state index contributed by atoms with van der Waals surface area (Å²) in [6.07, 6.45) is 0. The van der Waals surface area contributed by atoms with E-state index in [9.17, 15) is 0 Å². The van der Waals surface area contributed by atoms with Crippen LogP contribution in [0.5, 0.6) is 0 Å². The summed E-state index contributed by atoms with van der Waals surface area (Å²) in [5.41, 5.74) is 4.50. The average Bonchev–Trinajstić information content (AvgIpc) is 1.36. The first-order valence-corrected chi connectivity index (χ1v) is 2.87. The highest BCUT2D eigenvalue weighted by Crippen LogP contribution is 2.18. The van der Waals surface area contributed by atoms with Crippen molar-refractivity contribution in [1.29, 1.82) is 0 Å². The van der Waals surface area contributed by atoms with E-state index in [4.69, 9.17) is 19.2 Å². The molecule has 5 nitrogen and oxygen atoms in total. The zero-order valence-corrected chi connectivity index (χ0v) is 4.63. The largest absolute Gasteiger partial charge is 0.756 e. The van der Waals surface area contributed by atoms with Crippen LogP contribution in [0.15, 0.2) is 0 Å². The number of phosphoric acid groups is 1. The number of nitrogens with two attached hydrogens (primary N) is 1. The number of hydrogen-bond acceptors (Lipinski definition) is 3. The normalized spacial score (nSPS) is 9.29. The van der Waals surface area contributed by atoms with Gasteiger partial charge in [0, 0.05) is 0 Å². The molecule has 0 aliphatic carbocycles. The van der Waals surface area contributed by atoms with E-state index in [0.29, 0.717) is 0 Å². The van der Waals surface area contributed by atoms with Crippen LogP contribution in [0.25, 0.3) is 0 Å². The van der Waals surface area contributed by atoms with Gasteiger partial charge in [-0.05, 0) is 7.05 Å². The van der Waals surface area contributed by atoms with Crippen molar-refractivity contribution >= 4 is 7.82 Å². The molecule has 0 fully saturated rings. The van der Waals surface area contributed by atoms with Crippen LogP contribution in [-0.4, -0.2) is 16.8 Å². The molecule has 0 rings (SSSR count). The molecule has 0 aromatic carbocycles. The lowest BCUT2D eigenvalue weighted by Crippen LogP contribution is -1.94. The van der Waals surface area contributed by atoms with Crippen molar-refractivity contribution in [2.45, 2.75) is 0 Å². The standard InChI is InChI=1S/CH5N.H3O4P/c1-2;1-5(2,3)4/h2H2,1H3;(H3,1,2,3,4)/p-1. The summed E-state index contributed by atoms with van der Waals surface area (Å²) in [6, 6.07) is 0. The maximum atomic E-state index is 8.77. The predicted octanol–water partition coefficient (Wildman–Crippen LogP) is -1.99. The molecule has 0 unspecified atom stereocenters. The Balaban J connectivity index is 0. The Labute approximate surface area is 41.0 Å². The lowest BCUT2D eigenvalue weighted by Gasteiger charge is -2.01. The van der Waals surface area contributed by atoms with Crippen LogP contribution in [0, 0.1) is 0 Å². The average molecular weight is 128 g/mol. The molecule has 0 spiro atoms. The van der Waals surface area contributed by atoms with Crippen LogP contribution in [0.3, 0.4) is 0 Å². The van der Waals surface area contributed by atoms with Crippen molar-refractivity contribution in [3.8, 4) is 0 Å². The van der Waals surface area contributed by atoms with Crippen LogP contribution in [-0.2, 0) is 4.57 Å². The lowest BCUT2D eigenvalue weighted by atomic mass is 11.6. The molecule has 0 radical (unpaired) electrons. The second-order valence-electron chi connectivity index (χ2n) is 0.491. The van der Waals surface area contributed by atoms with Gasteiger partial charge in [-0.25, -0.2) is 0 Å².